The number of hydrogen-bond donors (Lipinski definition) is 0. The van der Waals surface area contributed by atoms with Gasteiger partial charge in [-0.25, -0.2) is 12.7 Å². The van der Waals surface area contributed by atoms with E-state index in [1.165, 1.54) is 18.4 Å². The lowest BCUT2D eigenvalue weighted by Crippen LogP contribution is -2.29. The molecule has 0 fully saturated rings. The second-order valence-electron chi connectivity index (χ2n) is 6.13. The Kier molecular flexibility index (Phi) is 5.09. The van der Waals surface area contributed by atoms with Gasteiger partial charge in [0, 0.05) is 30.8 Å². The molecule has 0 saturated heterocycles. The van der Waals surface area contributed by atoms with Crippen molar-refractivity contribution < 1.29 is 17.9 Å². The van der Waals surface area contributed by atoms with Gasteiger partial charge in [0.05, 0.1) is 17.6 Å². The van der Waals surface area contributed by atoms with E-state index in [1.807, 2.05) is 0 Å². The average molecular weight is 439 g/mol. The number of anilines is 1. The summed E-state index contributed by atoms with van der Waals surface area (Å²) in [5.74, 6) is 0.445. The Labute approximate surface area is 161 Å². The van der Waals surface area contributed by atoms with Crippen LogP contribution in [0.1, 0.15) is 15.9 Å². The third-order valence-corrected chi connectivity index (χ3v) is 6.88. The van der Waals surface area contributed by atoms with E-state index in [-0.39, 0.29) is 10.8 Å². The van der Waals surface area contributed by atoms with E-state index in [0.29, 0.717) is 28.8 Å². The maximum Gasteiger partial charge on any atom is 0.259 e. The van der Waals surface area contributed by atoms with Crippen LogP contribution in [0.5, 0.6) is 5.75 Å². The molecule has 0 radical (unpaired) electrons. The summed E-state index contributed by atoms with van der Waals surface area (Å²) in [4.78, 5) is 14.9. The molecule has 0 bridgehead atoms. The van der Waals surface area contributed by atoms with Crippen LogP contribution in [0.2, 0.25) is 0 Å². The molecule has 0 N–H and O–H groups in total. The van der Waals surface area contributed by atoms with E-state index >= 15 is 0 Å². The molecular formula is C18H19BrN2O4S. The van der Waals surface area contributed by atoms with E-state index in [9.17, 15) is 13.2 Å². The second-order valence-corrected chi connectivity index (χ2v) is 9.14. The number of fused-ring (bicyclic) bond motifs is 1. The quantitative estimate of drug-likeness (QED) is 0.735. The van der Waals surface area contributed by atoms with Gasteiger partial charge in [0.15, 0.2) is 0 Å². The first kappa shape index (κ1) is 18.9. The van der Waals surface area contributed by atoms with Gasteiger partial charge >= 0.3 is 0 Å². The van der Waals surface area contributed by atoms with Crippen LogP contribution in [0.4, 0.5) is 5.69 Å². The van der Waals surface area contributed by atoms with Gasteiger partial charge < -0.3 is 9.64 Å². The minimum atomic E-state index is -3.50. The van der Waals surface area contributed by atoms with Gasteiger partial charge in [-0.2, -0.15) is 0 Å². The van der Waals surface area contributed by atoms with Gasteiger partial charge in [0.1, 0.15) is 5.75 Å². The van der Waals surface area contributed by atoms with Gasteiger partial charge in [-0.15, -0.1) is 0 Å². The number of nitrogens with zero attached hydrogens (tertiary/aromatic N) is 2. The molecule has 8 heteroatoms. The Hall–Kier alpha value is -1.90. The fourth-order valence-corrected chi connectivity index (χ4v) is 4.27. The number of methoxy groups -OCH3 is 1. The van der Waals surface area contributed by atoms with Gasteiger partial charge in [0.25, 0.3) is 5.91 Å². The second kappa shape index (κ2) is 7.02. The fraction of sp³-hybridized carbons (Fsp3) is 0.278. The smallest absolute Gasteiger partial charge is 0.259 e. The van der Waals surface area contributed by atoms with Crippen LogP contribution in [0.3, 0.4) is 0 Å². The summed E-state index contributed by atoms with van der Waals surface area (Å²) in [6, 6.07) is 10.1. The molecule has 0 atom stereocenters. The maximum atomic E-state index is 13.0. The lowest BCUT2D eigenvalue weighted by atomic mass is 10.1. The molecule has 1 aliphatic rings. The third kappa shape index (κ3) is 3.24. The van der Waals surface area contributed by atoms with Crippen molar-refractivity contribution in [2.45, 2.75) is 11.3 Å². The van der Waals surface area contributed by atoms with E-state index in [1.54, 1.807) is 48.4 Å². The number of benzene rings is 2. The minimum Gasteiger partial charge on any atom is -0.497 e. The molecule has 0 spiro atoms. The first-order valence-corrected chi connectivity index (χ1v) is 10.2. The molecule has 1 amide bonds. The summed E-state index contributed by atoms with van der Waals surface area (Å²) in [6.07, 6.45) is 0.611. The molecule has 0 unspecified atom stereocenters. The number of ether oxygens (including phenoxy) is 1. The highest BCUT2D eigenvalue weighted by molar-refractivity contribution is 9.10. The molecule has 2 aromatic carbocycles. The largest absolute Gasteiger partial charge is 0.497 e. The summed E-state index contributed by atoms with van der Waals surface area (Å²) >= 11 is 3.41. The molecule has 0 aromatic heterocycles. The zero-order valence-electron chi connectivity index (χ0n) is 14.7. The Morgan fingerprint density at radius 1 is 1.19 bits per heavy atom. The maximum absolute atomic E-state index is 13.0. The zero-order valence-corrected chi connectivity index (χ0v) is 17.1. The number of amides is 1. The van der Waals surface area contributed by atoms with Crippen LogP contribution in [0.25, 0.3) is 0 Å². The highest BCUT2D eigenvalue weighted by Crippen LogP contribution is 2.33. The first-order chi connectivity index (χ1) is 12.3. The van der Waals surface area contributed by atoms with Crippen LogP contribution >= 0.6 is 15.9 Å². The summed E-state index contributed by atoms with van der Waals surface area (Å²) in [5.41, 5.74) is 2.09. The lowest BCUT2D eigenvalue weighted by molar-refractivity contribution is 0.0988. The summed E-state index contributed by atoms with van der Waals surface area (Å²) in [7, 11) is 1.05. The molecule has 0 saturated carbocycles. The van der Waals surface area contributed by atoms with Crippen molar-refractivity contribution in [1.29, 1.82) is 0 Å². The number of carbonyl (C=O) groups is 1. The SMILES string of the molecule is COc1ccc(Br)c(C(=O)N2CCc3cc(S(=O)(=O)N(C)C)ccc32)c1. The predicted molar refractivity (Wildman–Crippen MR) is 103 cm³/mol. The molecule has 1 aliphatic heterocycles. The standard InChI is InChI=1S/C18H19BrN2O4S/c1-20(2)26(23,24)14-5-7-17-12(10-14)8-9-21(17)18(22)15-11-13(25-3)4-6-16(15)19/h4-7,10-11H,8-9H2,1-3H3. The summed E-state index contributed by atoms with van der Waals surface area (Å²) in [6.45, 7) is 0.503. The van der Waals surface area contributed by atoms with Crippen molar-refractivity contribution in [3.8, 4) is 5.75 Å². The van der Waals surface area contributed by atoms with Gasteiger partial charge in [-0.05, 0) is 64.3 Å². The molecule has 0 aliphatic carbocycles. The number of rotatable bonds is 4. The van der Waals surface area contributed by atoms with E-state index in [2.05, 4.69) is 15.9 Å². The first-order valence-electron chi connectivity index (χ1n) is 7.96. The van der Waals surface area contributed by atoms with Crippen molar-refractivity contribution in [2.24, 2.45) is 0 Å². The third-order valence-electron chi connectivity index (χ3n) is 4.37. The highest BCUT2D eigenvalue weighted by Gasteiger charge is 2.29. The lowest BCUT2D eigenvalue weighted by Gasteiger charge is -2.19. The number of halogens is 1. The van der Waals surface area contributed by atoms with Crippen LogP contribution in [-0.4, -0.2) is 46.4 Å². The topological polar surface area (TPSA) is 66.9 Å². The number of hydrogen-bond acceptors (Lipinski definition) is 4. The van der Waals surface area contributed by atoms with Gasteiger partial charge in [0.2, 0.25) is 10.0 Å². The zero-order chi connectivity index (χ0) is 19.1. The Bertz CT molecular complexity index is 973. The normalized spacial score (nSPS) is 13.8. The molecule has 1 heterocycles. The van der Waals surface area contributed by atoms with Crippen molar-refractivity contribution in [3.05, 3.63) is 52.0 Å². The van der Waals surface area contributed by atoms with E-state index in [4.69, 9.17) is 4.74 Å². The van der Waals surface area contributed by atoms with Gasteiger partial charge in [-0.3, -0.25) is 4.79 Å². The van der Waals surface area contributed by atoms with Crippen molar-refractivity contribution >= 4 is 37.5 Å². The molecule has 3 rings (SSSR count). The molecule has 6 nitrogen and oxygen atoms in total. The van der Waals surface area contributed by atoms with Crippen molar-refractivity contribution in [3.63, 3.8) is 0 Å². The van der Waals surface area contributed by atoms with Crippen molar-refractivity contribution in [1.82, 2.24) is 4.31 Å². The summed E-state index contributed by atoms with van der Waals surface area (Å²) in [5, 5.41) is 0. The molecule has 138 valence electrons. The Balaban J connectivity index is 1.97. The Morgan fingerprint density at radius 2 is 1.92 bits per heavy atom. The highest BCUT2D eigenvalue weighted by atomic mass is 79.9. The van der Waals surface area contributed by atoms with Crippen molar-refractivity contribution in [2.75, 3.05) is 32.6 Å². The van der Waals surface area contributed by atoms with Crippen LogP contribution < -0.4 is 9.64 Å². The average Bonchev–Trinajstić information content (AvgIpc) is 3.04. The number of sulfonamides is 1. The monoisotopic (exact) mass is 438 g/mol. The minimum absolute atomic E-state index is 0.155. The predicted octanol–water partition coefficient (Wildman–Crippen LogP) is 2.91. The molecule has 2 aromatic rings. The van der Waals surface area contributed by atoms with E-state index in [0.717, 1.165) is 11.3 Å². The number of carbonyl (C=O) groups excluding carboxylic acids is 1. The Morgan fingerprint density at radius 3 is 2.58 bits per heavy atom. The molecule has 26 heavy (non-hydrogen) atoms. The van der Waals surface area contributed by atoms with E-state index < -0.39 is 10.0 Å². The van der Waals surface area contributed by atoms with Crippen LogP contribution in [0, 0.1) is 0 Å². The fourth-order valence-electron chi connectivity index (χ4n) is 2.90. The van der Waals surface area contributed by atoms with Crippen LogP contribution in [0.15, 0.2) is 45.8 Å². The van der Waals surface area contributed by atoms with Crippen LogP contribution in [-0.2, 0) is 16.4 Å². The summed E-state index contributed by atoms with van der Waals surface area (Å²) < 4.78 is 31.7. The molecular weight excluding hydrogens is 420 g/mol. The van der Waals surface area contributed by atoms with Gasteiger partial charge in [-0.1, -0.05) is 0 Å².